The number of hydrogen-bond acceptors (Lipinski definition) is 7. The quantitative estimate of drug-likeness (QED) is 0.0678. The summed E-state index contributed by atoms with van der Waals surface area (Å²) in [6.07, 6.45) is 0.332. The molecule has 0 fully saturated rings. The first-order chi connectivity index (χ1) is 15.3. The Balaban J connectivity index is 5.19. The van der Waals surface area contributed by atoms with E-state index < -0.39 is 53.8 Å². The lowest BCUT2D eigenvalue weighted by Gasteiger charge is -2.24. The van der Waals surface area contributed by atoms with Gasteiger partial charge >= 0.3 is 5.97 Å². The van der Waals surface area contributed by atoms with Crippen molar-refractivity contribution in [3.8, 4) is 0 Å². The number of nitrogens with two attached hydrogens (primary N) is 4. The fourth-order valence-corrected chi connectivity index (χ4v) is 2.65. The van der Waals surface area contributed by atoms with Gasteiger partial charge in [-0.2, -0.15) is 0 Å². The summed E-state index contributed by atoms with van der Waals surface area (Å²) in [7, 11) is 0. The maximum Gasteiger partial charge on any atom is 0.326 e. The number of primary amides is 1. The molecule has 0 aromatic rings. The van der Waals surface area contributed by atoms with Gasteiger partial charge in [-0.15, -0.1) is 0 Å². The number of amides is 4. The summed E-state index contributed by atoms with van der Waals surface area (Å²) < 4.78 is 0. The molecule has 0 rings (SSSR count). The number of carboxylic acids is 1. The van der Waals surface area contributed by atoms with Crippen LogP contribution in [0.4, 0.5) is 0 Å². The summed E-state index contributed by atoms with van der Waals surface area (Å²) in [5.74, 6) is -4.39. The second-order valence-corrected chi connectivity index (χ2v) is 7.92. The van der Waals surface area contributed by atoms with Gasteiger partial charge in [0.1, 0.15) is 18.1 Å². The van der Waals surface area contributed by atoms with E-state index in [-0.39, 0.29) is 37.7 Å². The van der Waals surface area contributed by atoms with Crippen molar-refractivity contribution in [2.75, 3.05) is 6.54 Å². The second kappa shape index (κ2) is 14.6. The molecule has 14 nitrogen and oxygen atoms in total. The highest BCUT2D eigenvalue weighted by molar-refractivity contribution is 5.94. The zero-order chi connectivity index (χ0) is 25.7. The van der Waals surface area contributed by atoms with Crippen LogP contribution >= 0.6 is 0 Å². The van der Waals surface area contributed by atoms with E-state index in [1.165, 1.54) is 6.92 Å². The van der Waals surface area contributed by atoms with Crippen LogP contribution in [0.25, 0.3) is 0 Å². The lowest BCUT2D eigenvalue weighted by atomic mass is 10.0. The van der Waals surface area contributed by atoms with Crippen LogP contribution < -0.4 is 38.9 Å². The number of hydrogen-bond donors (Lipinski definition) is 8. The minimum atomic E-state index is -1.20. The first-order valence-electron chi connectivity index (χ1n) is 10.5. The lowest BCUT2D eigenvalue weighted by Crippen LogP contribution is -2.56. The number of rotatable bonds is 15. The molecule has 12 N–H and O–H groups in total. The molecule has 4 atom stereocenters. The van der Waals surface area contributed by atoms with Gasteiger partial charge in [-0.1, -0.05) is 13.8 Å². The average Bonchev–Trinajstić information content (AvgIpc) is 2.70. The number of nitrogens with one attached hydrogen (secondary N) is 3. The highest BCUT2D eigenvalue weighted by Crippen LogP contribution is 2.04. The van der Waals surface area contributed by atoms with E-state index in [1.54, 1.807) is 13.8 Å². The Labute approximate surface area is 192 Å². The number of carbonyl (C=O) groups excluding carboxylic acids is 4. The molecule has 4 unspecified atom stereocenters. The fourth-order valence-electron chi connectivity index (χ4n) is 2.65. The molecule has 0 heterocycles. The Morgan fingerprint density at radius 2 is 1.48 bits per heavy atom. The number of aliphatic carboxylic acids is 1. The normalized spacial score (nSPS) is 14.3. The second-order valence-electron chi connectivity index (χ2n) is 7.92. The molecule has 0 saturated carbocycles. The monoisotopic (exact) mass is 472 g/mol. The van der Waals surface area contributed by atoms with E-state index in [1.807, 2.05) is 0 Å². The third-order valence-electron chi connectivity index (χ3n) is 4.60. The smallest absolute Gasteiger partial charge is 0.326 e. The van der Waals surface area contributed by atoms with Crippen LogP contribution in [0, 0.1) is 5.92 Å². The Kier molecular flexibility index (Phi) is 13.1. The van der Waals surface area contributed by atoms with Gasteiger partial charge in [0.05, 0.1) is 6.04 Å². The summed E-state index contributed by atoms with van der Waals surface area (Å²) >= 11 is 0. The molecule has 188 valence electrons. The van der Waals surface area contributed by atoms with E-state index in [2.05, 4.69) is 20.9 Å². The standard InChI is InChI=1S/C19H36N8O6/c1-9(2)14(18(32)33)27-15(29)10(3)25-17(31)12(5-4-8-24-19(22)23)26-16(30)11(20)6-7-13(21)28/h9-12,14H,4-8,20H2,1-3H3,(H2,21,28)(H,25,31)(H,26,30)(H,27,29)(H,32,33)(H4,22,23,24). The number of carbonyl (C=O) groups is 5. The molecule has 0 aromatic carbocycles. The first-order valence-corrected chi connectivity index (χ1v) is 10.5. The highest BCUT2D eigenvalue weighted by atomic mass is 16.4. The van der Waals surface area contributed by atoms with E-state index >= 15 is 0 Å². The van der Waals surface area contributed by atoms with Crippen LogP contribution in [0.2, 0.25) is 0 Å². The van der Waals surface area contributed by atoms with E-state index in [0.29, 0.717) is 6.42 Å². The minimum Gasteiger partial charge on any atom is -0.480 e. The number of guanidine groups is 1. The highest BCUT2D eigenvalue weighted by Gasteiger charge is 2.29. The maximum absolute atomic E-state index is 12.7. The number of carboxylic acid groups (broad SMARTS) is 1. The molecule has 0 saturated heterocycles. The van der Waals surface area contributed by atoms with Crippen molar-refractivity contribution < 1.29 is 29.1 Å². The van der Waals surface area contributed by atoms with Gasteiger partial charge in [0.2, 0.25) is 23.6 Å². The van der Waals surface area contributed by atoms with Crippen molar-refractivity contribution in [1.29, 1.82) is 0 Å². The van der Waals surface area contributed by atoms with Gasteiger partial charge < -0.3 is 44.0 Å². The molecule has 0 aliphatic rings. The van der Waals surface area contributed by atoms with Gasteiger partial charge in [-0.05, 0) is 32.1 Å². The predicted molar refractivity (Wildman–Crippen MR) is 120 cm³/mol. The van der Waals surface area contributed by atoms with Gasteiger partial charge in [0.15, 0.2) is 5.96 Å². The Hall–Kier alpha value is -3.42. The largest absolute Gasteiger partial charge is 0.480 e. The summed E-state index contributed by atoms with van der Waals surface area (Å²) in [5.41, 5.74) is 21.3. The van der Waals surface area contributed by atoms with Crippen LogP contribution in [0.5, 0.6) is 0 Å². The fraction of sp³-hybridized carbons (Fsp3) is 0.684. The SMILES string of the molecule is CC(NC(=O)C(CCCN=C(N)N)NC(=O)C(N)CCC(N)=O)C(=O)NC(C(=O)O)C(C)C. The van der Waals surface area contributed by atoms with Crippen molar-refractivity contribution in [1.82, 2.24) is 16.0 Å². The summed E-state index contributed by atoms with van der Waals surface area (Å²) in [5, 5.41) is 16.5. The third kappa shape index (κ3) is 12.3. The van der Waals surface area contributed by atoms with Crippen molar-refractivity contribution in [3.05, 3.63) is 0 Å². The van der Waals surface area contributed by atoms with E-state index in [9.17, 15) is 29.1 Å². The Bertz CT molecular complexity index is 738. The van der Waals surface area contributed by atoms with Crippen molar-refractivity contribution in [2.24, 2.45) is 33.8 Å². The molecule has 33 heavy (non-hydrogen) atoms. The third-order valence-corrected chi connectivity index (χ3v) is 4.60. The average molecular weight is 473 g/mol. The maximum atomic E-state index is 12.7. The van der Waals surface area contributed by atoms with Crippen molar-refractivity contribution >= 4 is 35.6 Å². The minimum absolute atomic E-state index is 0.00586. The molecule has 0 aromatic heterocycles. The summed E-state index contributed by atoms with van der Waals surface area (Å²) in [6, 6.07) is -4.37. The van der Waals surface area contributed by atoms with Gasteiger partial charge in [0.25, 0.3) is 0 Å². The zero-order valence-corrected chi connectivity index (χ0v) is 19.2. The Morgan fingerprint density at radius 3 is 1.97 bits per heavy atom. The molecular weight excluding hydrogens is 436 g/mol. The van der Waals surface area contributed by atoms with Gasteiger partial charge in [-0.3, -0.25) is 24.2 Å². The van der Waals surface area contributed by atoms with Crippen LogP contribution in [0.15, 0.2) is 4.99 Å². The molecule has 4 amide bonds. The molecular formula is C19H36N8O6. The van der Waals surface area contributed by atoms with E-state index in [0.717, 1.165) is 0 Å². The Morgan fingerprint density at radius 1 is 0.879 bits per heavy atom. The predicted octanol–water partition coefficient (Wildman–Crippen LogP) is -3.15. The van der Waals surface area contributed by atoms with Crippen LogP contribution in [-0.4, -0.2) is 71.4 Å². The number of aliphatic imine (C=N–C) groups is 1. The molecule has 14 heteroatoms. The number of nitrogens with zero attached hydrogens (tertiary/aromatic N) is 1. The first kappa shape index (κ1) is 29.6. The van der Waals surface area contributed by atoms with Crippen LogP contribution in [-0.2, 0) is 24.0 Å². The van der Waals surface area contributed by atoms with Crippen molar-refractivity contribution in [2.45, 2.75) is 70.6 Å². The molecule has 0 bridgehead atoms. The van der Waals surface area contributed by atoms with Gasteiger partial charge in [-0.25, -0.2) is 4.79 Å². The van der Waals surface area contributed by atoms with Crippen LogP contribution in [0.3, 0.4) is 0 Å². The summed E-state index contributed by atoms with van der Waals surface area (Å²) in [6.45, 7) is 4.83. The molecule has 0 spiro atoms. The topological polar surface area (TPSA) is 258 Å². The zero-order valence-electron chi connectivity index (χ0n) is 19.2. The molecule has 0 aliphatic carbocycles. The molecule has 0 aliphatic heterocycles. The lowest BCUT2D eigenvalue weighted by molar-refractivity contribution is -0.143. The summed E-state index contributed by atoms with van der Waals surface area (Å²) in [4.78, 5) is 63.4. The van der Waals surface area contributed by atoms with Crippen LogP contribution in [0.1, 0.15) is 46.5 Å². The molecule has 0 radical (unpaired) electrons. The van der Waals surface area contributed by atoms with E-state index in [4.69, 9.17) is 22.9 Å². The van der Waals surface area contributed by atoms with Gasteiger partial charge in [0, 0.05) is 13.0 Å². The van der Waals surface area contributed by atoms with Crippen molar-refractivity contribution in [3.63, 3.8) is 0 Å².